The van der Waals surface area contributed by atoms with Crippen LogP contribution in [0.25, 0.3) is 11.0 Å². The van der Waals surface area contributed by atoms with Crippen molar-refractivity contribution in [3.05, 3.63) is 30.5 Å². The maximum absolute atomic E-state index is 5.23. The number of fused-ring (bicyclic) bond motifs is 1. The monoisotopic (exact) mass is 287 g/mol. The number of hydrogen-bond donors (Lipinski definition) is 2. The van der Waals surface area contributed by atoms with Gasteiger partial charge in [-0.05, 0) is 18.2 Å². The molecule has 102 valence electrons. The SMILES string of the molecule is CNc1nc(Sc2cccc(OC)c2)c2cn[nH]c2n1. The molecule has 0 saturated heterocycles. The van der Waals surface area contributed by atoms with E-state index in [1.165, 1.54) is 0 Å². The Bertz CT molecular complexity index is 742. The molecular formula is C13H13N5OS. The zero-order chi connectivity index (χ0) is 13.9. The van der Waals surface area contributed by atoms with Crippen LogP contribution in [-0.4, -0.2) is 34.3 Å². The van der Waals surface area contributed by atoms with E-state index in [4.69, 9.17) is 4.74 Å². The molecule has 2 N–H and O–H groups in total. The van der Waals surface area contributed by atoms with Gasteiger partial charge < -0.3 is 10.1 Å². The van der Waals surface area contributed by atoms with Gasteiger partial charge in [-0.1, -0.05) is 17.8 Å². The molecule has 0 aliphatic heterocycles. The summed E-state index contributed by atoms with van der Waals surface area (Å²) in [7, 11) is 3.44. The number of hydrogen-bond acceptors (Lipinski definition) is 6. The number of benzene rings is 1. The zero-order valence-electron chi connectivity index (χ0n) is 11.0. The van der Waals surface area contributed by atoms with Gasteiger partial charge in [-0.2, -0.15) is 10.1 Å². The summed E-state index contributed by atoms with van der Waals surface area (Å²) in [5.41, 5.74) is 0.717. The highest BCUT2D eigenvalue weighted by Gasteiger charge is 2.10. The normalized spacial score (nSPS) is 10.7. The molecule has 0 spiro atoms. The van der Waals surface area contributed by atoms with Crippen LogP contribution >= 0.6 is 11.8 Å². The molecule has 0 radical (unpaired) electrons. The number of H-pyrrole nitrogens is 1. The van der Waals surface area contributed by atoms with E-state index < -0.39 is 0 Å². The molecule has 3 aromatic rings. The van der Waals surface area contributed by atoms with Crippen molar-refractivity contribution in [1.82, 2.24) is 20.2 Å². The number of aromatic amines is 1. The highest BCUT2D eigenvalue weighted by molar-refractivity contribution is 7.99. The van der Waals surface area contributed by atoms with Crippen molar-refractivity contribution in [3.63, 3.8) is 0 Å². The molecule has 6 nitrogen and oxygen atoms in total. The molecular weight excluding hydrogens is 274 g/mol. The summed E-state index contributed by atoms with van der Waals surface area (Å²) in [6, 6.07) is 7.85. The lowest BCUT2D eigenvalue weighted by atomic mass is 10.3. The van der Waals surface area contributed by atoms with E-state index in [1.807, 2.05) is 24.3 Å². The predicted octanol–water partition coefficient (Wildman–Crippen LogP) is 2.55. The Morgan fingerprint density at radius 3 is 3.00 bits per heavy atom. The molecule has 0 amide bonds. The average molecular weight is 287 g/mol. The standard InChI is InChI=1S/C13H13N5OS/c1-14-13-16-11-10(7-15-18-11)12(17-13)20-9-5-3-4-8(6-9)19-2/h3-7H,1-2H3,(H2,14,15,16,17,18). The molecule has 0 unspecified atom stereocenters. The number of methoxy groups -OCH3 is 1. The highest BCUT2D eigenvalue weighted by atomic mass is 32.2. The fourth-order valence-electron chi connectivity index (χ4n) is 1.77. The first-order valence-corrected chi connectivity index (χ1v) is 6.82. The van der Waals surface area contributed by atoms with Crippen LogP contribution in [0.1, 0.15) is 0 Å². The Balaban J connectivity index is 2.02. The van der Waals surface area contributed by atoms with E-state index in [0.717, 1.165) is 26.7 Å². The van der Waals surface area contributed by atoms with Gasteiger partial charge in [-0.3, -0.25) is 5.10 Å². The molecule has 0 fully saturated rings. The van der Waals surface area contributed by atoms with Gasteiger partial charge in [0.2, 0.25) is 5.95 Å². The van der Waals surface area contributed by atoms with Crippen molar-refractivity contribution >= 4 is 28.7 Å². The van der Waals surface area contributed by atoms with Gasteiger partial charge in [-0.25, -0.2) is 4.98 Å². The quantitative estimate of drug-likeness (QED) is 0.718. The van der Waals surface area contributed by atoms with Crippen LogP contribution in [0.2, 0.25) is 0 Å². The minimum atomic E-state index is 0.562. The minimum absolute atomic E-state index is 0.562. The van der Waals surface area contributed by atoms with Crippen molar-refractivity contribution in [3.8, 4) is 5.75 Å². The van der Waals surface area contributed by atoms with Crippen LogP contribution in [0.15, 0.2) is 40.4 Å². The lowest BCUT2D eigenvalue weighted by molar-refractivity contribution is 0.413. The van der Waals surface area contributed by atoms with Gasteiger partial charge in [0.05, 0.1) is 18.7 Å². The Morgan fingerprint density at radius 1 is 1.30 bits per heavy atom. The lowest BCUT2D eigenvalue weighted by Crippen LogP contribution is -1.97. The van der Waals surface area contributed by atoms with E-state index in [9.17, 15) is 0 Å². The molecule has 0 aliphatic rings. The second kappa shape index (κ2) is 5.38. The van der Waals surface area contributed by atoms with Gasteiger partial charge in [-0.15, -0.1) is 0 Å². The molecule has 0 atom stereocenters. The lowest BCUT2D eigenvalue weighted by Gasteiger charge is -2.06. The third-order valence-electron chi connectivity index (χ3n) is 2.75. The topological polar surface area (TPSA) is 75.7 Å². The molecule has 2 heterocycles. The summed E-state index contributed by atoms with van der Waals surface area (Å²) >= 11 is 1.55. The first kappa shape index (κ1) is 12.7. The Kier molecular flexibility index (Phi) is 3.42. The fraction of sp³-hybridized carbons (Fsp3) is 0.154. The summed E-state index contributed by atoms with van der Waals surface area (Å²) in [6.45, 7) is 0. The minimum Gasteiger partial charge on any atom is -0.497 e. The molecule has 0 bridgehead atoms. The molecule has 2 aromatic heterocycles. The second-order valence-corrected chi connectivity index (χ2v) is 5.08. The van der Waals surface area contributed by atoms with E-state index in [-0.39, 0.29) is 0 Å². The van der Waals surface area contributed by atoms with E-state index in [0.29, 0.717) is 5.95 Å². The fourth-order valence-corrected chi connectivity index (χ4v) is 2.71. The maximum atomic E-state index is 5.23. The van der Waals surface area contributed by atoms with Crippen molar-refractivity contribution in [2.45, 2.75) is 9.92 Å². The molecule has 0 aliphatic carbocycles. The Labute approximate surface area is 120 Å². The first-order chi connectivity index (χ1) is 9.80. The van der Waals surface area contributed by atoms with Gasteiger partial charge in [0.15, 0.2) is 5.65 Å². The average Bonchev–Trinajstić information content (AvgIpc) is 2.96. The van der Waals surface area contributed by atoms with Gasteiger partial charge in [0, 0.05) is 11.9 Å². The molecule has 3 rings (SSSR count). The van der Waals surface area contributed by atoms with Crippen LogP contribution < -0.4 is 10.1 Å². The van der Waals surface area contributed by atoms with Crippen LogP contribution in [-0.2, 0) is 0 Å². The van der Waals surface area contributed by atoms with E-state index >= 15 is 0 Å². The summed E-state index contributed by atoms with van der Waals surface area (Å²) in [6.07, 6.45) is 1.73. The van der Waals surface area contributed by atoms with Crippen LogP contribution in [0, 0.1) is 0 Å². The summed E-state index contributed by atoms with van der Waals surface area (Å²) in [4.78, 5) is 9.84. The highest BCUT2D eigenvalue weighted by Crippen LogP contribution is 2.33. The molecule has 7 heteroatoms. The number of rotatable bonds is 4. The molecule has 20 heavy (non-hydrogen) atoms. The van der Waals surface area contributed by atoms with Crippen LogP contribution in [0.4, 0.5) is 5.95 Å². The van der Waals surface area contributed by atoms with Gasteiger partial charge in [0.25, 0.3) is 0 Å². The third-order valence-corrected chi connectivity index (χ3v) is 3.75. The molecule has 0 saturated carbocycles. The summed E-state index contributed by atoms with van der Waals surface area (Å²) in [5.74, 6) is 1.38. The second-order valence-electron chi connectivity index (χ2n) is 4.02. The van der Waals surface area contributed by atoms with Gasteiger partial charge >= 0.3 is 0 Å². The third kappa shape index (κ3) is 2.39. The number of anilines is 1. The van der Waals surface area contributed by atoms with E-state index in [2.05, 4.69) is 25.5 Å². The Morgan fingerprint density at radius 2 is 2.20 bits per heavy atom. The number of nitrogens with one attached hydrogen (secondary N) is 2. The largest absolute Gasteiger partial charge is 0.497 e. The van der Waals surface area contributed by atoms with Gasteiger partial charge in [0.1, 0.15) is 10.8 Å². The zero-order valence-corrected chi connectivity index (χ0v) is 11.9. The Hall–Kier alpha value is -2.28. The smallest absolute Gasteiger partial charge is 0.225 e. The van der Waals surface area contributed by atoms with Crippen molar-refractivity contribution in [1.29, 1.82) is 0 Å². The van der Waals surface area contributed by atoms with Crippen molar-refractivity contribution in [2.75, 3.05) is 19.5 Å². The van der Waals surface area contributed by atoms with Crippen molar-refractivity contribution < 1.29 is 4.74 Å². The number of nitrogens with zero attached hydrogens (tertiary/aromatic N) is 3. The summed E-state index contributed by atoms with van der Waals surface area (Å²) in [5, 5.41) is 11.6. The summed E-state index contributed by atoms with van der Waals surface area (Å²) < 4.78 is 5.23. The van der Waals surface area contributed by atoms with Crippen LogP contribution in [0.5, 0.6) is 5.75 Å². The predicted molar refractivity (Wildman–Crippen MR) is 78.3 cm³/mol. The van der Waals surface area contributed by atoms with Crippen molar-refractivity contribution in [2.24, 2.45) is 0 Å². The number of ether oxygens (including phenoxy) is 1. The molecule has 1 aromatic carbocycles. The first-order valence-electron chi connectivity index (χ1n) is 6.01. The maximum Gasteiger partial charge on any atom is 0.225 e. The van der Waals surface area contributed by atoms with E-state index in [1.54, 1.807) is 32.1 Å². The number of aromatic nitrogens is 4. The van der Waals surface area contributed by atoms with Crippen LogP contribution in [0.3, 0.4) is 0 Å².